The van der Waals surface area contributed by atoms with E-state index in [1.54, 1.807) is 7.11 Å². The van der Waals surface area contributed by atoms with Gasteiger partial charge in [-0.25, -0.2) is 0 Å². The second kappa shape index (κ2) is 7.84. The fourth-order valence-corrected chi connectivity index (χ4v) is 3.60. The average Bonchev–Trinajstić information content (AvgIpc) is 2.52. The Bertz CT molecular complexity index is 429. The van der Waals surface area contributed by atoms with Crippen LogP contribution in [0.5, 0.6) is 5.75 Å². The second-order valence-corrected chi connectivity index (χ2v) is 6.79. The van der Waals surface area contributed by atoms with Crippen molar-refractivity contribution >= 4 is 0 Å². The predicted molar refractivity (Wildman–Crippen MR) is 90.0 cm³/mol. The Morgan fingerprint density at radius 3 is 2.76 bits per heavy atom. The van der Waals surface area contributed by atoms with Gasteiger partial charge in [0, 0.05) is 6.04 Å². The summed E-state index contributed by atoms with van der Waals surface area (Å²) in [5.41, 5.74) is 1.46. The van der Waals surface area contributed by atoms with Crippen LogP contribution in [0.1, 0.15) is 57.9 Å². The van der Waals surface area contributed by atoms with E-state index in [0.29, 0.717) is 12.0 Å². The minimum absolute atomic E-state index is 0.569. The third-order valence-electron chi connectivity index (χ3n) is 4.99. The summed E-state index contributed by atoms with van der Waals surface area (Å²) in [5, 5.41) is 3.65. The van der Waals surface area contributed by atoms with Gasteiger partial charge in [-0.15, -0.1) is 0 Å². The molecule has 0 heterocycles. The molecule has 2 rings (SSSR count). The second-order valence-electron chi connectivity index (χ2n) is 6.79. The van der Waals surface area contributed by atoms with Crippen molar-refractivity contribution in [2.75, 3.05) is 13.7 Å². The van der Waals surface area contributed by atoms with Crippen LogP contribution in [0.3, 0.4) is 0 Å². The molecule has 2 heteroatoms. The smallest absolute Gasteiger partial charge is 0.119 e. The van der Waals surface area contributed by atoms with E-state index in [4.69, 9.17) is 4.74 Å². The van der Waals surface area contributed by atoms with Gasteiger partial charge in [-0.05, 0) is 54.8 Å². The summed E-state index contributed by atoms with van der Waals surface area (Å²) in [5.74, 6) is 3.30. The van der Waals surface area contributed by atoms with E-state index in [1.807, 2.05) is 6.07 Å². The van der Waals surface area contributed by atoms with E-state index in [9.17, 15) is 0 Å². The fraction of sp³-hybridized carbons (Fsp3) is 0.684. The van der Waals surface area contributed by atoms with Crippen LogP contribution in [0, 0.1) is 11.8 Å². The highest BCUT2D eigenvalue weighted by Crippen LogP contribution is 2.42. The van der Waals surface area contributed by atoms with Gasteiger partial charge in [-0.3, -0.25) is 0 Å². The largest absolute Gasteiger partial charge is 0.497 e. The maximum absolute atomic E-state index is 5.42. The summed E-state index contributed by atoms with van der Waals surface area (Å²) in [6.45, 7) is 7.94. The molecule has 1 aliphatic carbocycles. The van der Waals surface area contributed by atoms with Crippen molar-refractivity contribution < 1.29 is 4.74 Å². The van der Waals surface area contributed by atoms with E-state index in [0.717, 1.165) is 24.1 Å². The molecule has 1 aliphatic rings. The minimum atomic E-state index is 0.569. The Balaban J connectivity index is 2.15. The molecular formula is C19H31NO. The molecule has 0 spiro atoms. The monoisotopic (exact) mass is 289 g/mol. The van der Waals surface area contributed by atoms with Gasteiger partial charge in [0.25, 0.3) is 0 Å². The van der Waals surface area contributed by atoms with Crippen LogP contribution in [0.2, 0.25) is 0 Å². The zero-order valence-corrected chi connectivity index (χ0v) is 14.1. The van der Waals surface area contributed by atoms with Gasteiger partial charge in [-0.2, -0.15) is 0 Å². The molecule has 1 saturated carbocycles. The molecule has 1 aromatic carbocycles. The zero-order chi connectivity index (χ0) is 15.2. The van der Waals surface area contributed by atoms with E-state index in [-0.39, 0.29) is 0 Å². The molecule has 1 N–H and O–H groups in total. The molecule has 3 atom stereocenters. The summed E-state index contributed by atoms with van der Waals surface area (Å²) in [7, 11) is 1.76. The summed E-state index contributed by atoms with van der Waals surface area (Å²) in [6, 6.07) is 9.28. The highest BCUT2D eigenvalue weighted by molar-refractivity contribution is 5.31. The molecule has 2 nitrogen and oxygen atoms in total. The highest BCUT2D eigenvalue weighted by atomic mass is 16.5. The van der Waals surface area contributed by atoms with Gasteiger partial charge in [0.05, 0.1) is 7.11 Å². The Hall–Kier alpha value is -1.02. The fourth-order valence-electron chi connectivity index (χ4n) is 3.60. The number of methoxy groups -OCH3 is 1. The molecule has 1 fully saturated rings. The predicted octanol–water partition coefficient (Wildman–Crippen LogP) is 4.60. The van der Waals surface area contributed by atoms with Crippen molar-refractivity contribution in [1.82, 2.24) is 5.32 Å². The van der Waals surface area contributed by atoms with Crippen LogP contribution in [-0.2, 0) is 0 Å². The molecule has 118 valence electrons. The molecule has 0 saturated heterocycles. The highest BCUT2D eigenvalue weighted by Gasteiger charge is 2.30. The van der Waals surface area contributed by atoms with Crippen LogP contribution < -0.4 is 10.1 Å². The molecule has 0 amide bonds. The Kier molecular flexibility index (Phi) is 6.10. The summed E-state index contributed by atoms with van der Waals surface area (Å²) in [4.78, 5) is 0. The van der Waals surface area contributed by atoms with Crippen LogP contribution in [-0.4, -0.2) is 19.7 Å². The molecular weight excluding hydrogens is 258 g/mol. The number of benzene rings is 1. The molecule has 0 aromatic heterocycles. The lowest BCUT2D eigenvalue weighted by atomic mass is 9.70. The van der Waals surface area contributed by atoms with Crippen LogP contribution in [0.15, 0.2) is 24.3 Å². The molecule has 0 radical (unpaired) electrons. The Morgan fingerprint density at radius 1 is 1.29 bits per heavy atom. The molecule has 3 unspecified atom stereocenters. The SMILES string of the molecule is CCC1CCC(CNC(C)C)C(c2cccc(OC)c2)C1. The van der Waals surface area contributed by atoms with E-state index >= 15 is 0 Å². The first-order chi connectivity index (χ1) is 10.1. The van der Waals surface area contributed by atoms with Crippen LogP contribution in [0.25, 0.3) is 0 Å². The molecule has 0 bridgehead atoms. The van der Waals surface area contributed by atoms with E-state index in [1.165, 1.54) is 31.2 Å². The first-order valence-electron chi connectivity index (χ1n) is 8.51. The van der Waals surface area contributed by atoms with Crippen molar-refractivity contribution in [1.29, 1.82) is 0 Å². The van der Waals surface area contributed by atoms with Crippen molar-refractivity contribution in [2.24, 2.45) is 11.8 Å². The number of rotatable bonds is 6. The summed E-state index contributed by atoms with van der Waals surface area (Å²) >= 11 is 0. The normalized spacial score (nSPS) is 26.0. The lowest BCUT2D eigenvalue weighted by molar-refractivity contribution is 0.222. The third kappa shape index (κ3) is 4.47. The number of ether oxygens (including phenoxy) is 1. The Morgan fingerprint density at radius 2 is 2.10 bits per heavy atom. The standard InChI is InChI=1S/C19H31NO/c1-5-15-9-10-17(13-20-14(2)3)19(11-15)16-7-6-8-18(12-16)21-4/h6-8,12,14-15,17,19-20H,5,9-11,13H2,1-4H3. The lowest BCUT2D eigenvalue weighted by Gasteiger charge is -2.37. The summed E-state index contributed by atoms with van der Waals surface area (Å²) in [6.07, 6.45) is 5.38. The van der Waals surface area contributed by atoms with Crippen molar-refractivity contribution in [3.63, 3.8) is 0 Å². The zero-order valence-electron chi connectivity index (χ0n) is 14.1. The van der Waals surface area contributed by atoms with Gasteiger partial charge < -0.3 is 10.1 Å². The van der Waals surface area contributed by atoms with E-state index < -0.39 is 0 Å². The number of nitrogens with one attached hydrogen (secondary N) is 1. The molecule has 0 aliphatic heterocycles. The maximum atomic E-state index is 5.42. The maximum Gasteiger partial charge on any atom is 0.119 e. The summed E-state index contributed by atoms with van der Waals surface area (Å²) < 4.78 is 5.42. The average molecular weight is 289 g/mol. The van der Waals surface area contributed by atoms with Crippen molar-refractivity contribution in [2.45, 2.75) is 58.4 Å². The molecule has 21 heavy (non-hydrogen) atoms. The molecule has 1 aromatic rings. The number of hydrogen-bond donors (Lipinski definition) is 1. The van der Waals surface area contributed by atoms with Crippen LogP contribution >= 0.6 is 0 Å². The lowest BCUT2D eigenvalue weighted by Crippen LogP contribution is -2.35. The van der Waals surface area contributed by atoms with Gasteiger partial charge in [0.2, 0.25) is 0 Å². The number of hydrogen-bond acceptors (Lipinski definition) is 2. The Labute approximate surface area is 130 Å². The van der Waals surface area contributed by atoms with Gasteiger partial charge in [0.1, 0.15) is 5.75 Å². The third-order valence-corrected chi connectivity index (χ3v) is 4.99. The van der Waals surface area contributed by atoms with E-state index in [2.05, 4.69) is 44.3 Å². The van der Waals surface area contributed by atoms with Gasteiger partial charge >= 0.3 is 0 Å². The first kappa shape index (κ1) is 16.4. The van der Waals surface area contributed by atoms with Gasteiger partial charge in [-0.1, -0.05) is 45.7 Å². The van der Waals surface area contributed by atoms with Crippen molar-refractivity contribution in [3.05, 3.63) is 29.8 Å². The van der Waals surface area contributed by atoms with Crippen LogP contribution in [0.4, 0.5) is 0 Å². The van der Waals surface area contributed by atoms with Crippen molar-refractivity contribution in [3.8, 4) is 5.75 Å². The first-order valence-corrected chi connectivity index (χ1v) is 8.51. The minimum Gasteiger partial charge on any atom is -0.497 e. The topological polar surface area (TPSA) is 21.3 Å². The quantitative estimate of drug-likeness (QED) is 0.826. The van der Waals surface area contributed by atoms with Gasteiger partial charge in [0.15, 0.2) is 0 Å².